The molecule has 2 nitrogen and oxygen atoms in total. The van der Waals surface area contributed by atoms with Gasteiger partial charge in [-0.2, -0.15) is 0 Å². The van der Waals surface area contributed by atoms with Crippen LogP contribution in [-0.2, 0) is 0 Å². The average Bonchev–Trinajstić information content (AvgIpc) is 2.39. The first-order valence-corrected chi connectivity index (χ1v) is 8.06. The summed E-state index contributed by atoms with van der Waals surface area (Å²) in [6.45, 7) is 11.8. The first-order chi connectivity index (χ1) is 9.65. The van der Waals surface area contributed by atoms with E-state index in [1.807, 2.05) is 0 Å². The van der Waals surface area contributed by atoms with Gasteiger partial charge >= 0.3 is 0 Å². The molecule has 0 heterocycles. The maximum Gasteiger partial charge on any atom is 0.125 e. The largest absolute Gasteiger partial charge is 0.493 e. The van der Waals surface area contributed by atoms with Gasteiger partial charge in [-0.05, 0) is 70.7 Å². The Hall–Kier alpha value is -1.02. The fourth-order valence-corrected chi connectivity index (χ4v) is 2.52. The second-order valence-electron chi connectivity index (χ2n) is 5.74. The molecule has 0 saturated carbocycles. The number of ether oxygens (including phenoxy) is 1. The lowest BCUT2D eigenvalue weighted by molar-refractivity contribution is 0.301. The molecule has 20 heavy (non-hydrogen) atoms. The van der Waals surface area contributed by atoms with Crippen LogP contribution in [0.3, 0.4) is 0 Å². The molecule has 0 saturated heterocycles. The van der Waals surface area contributed by atoms with Crippen molar-refractivity contribution in [2.75, 3.05) is 19.7 Å². The molecule has 0 amide bonds. The lowest BCUT2D eigenvalue weighted by Crippen LogP contribution is -2.16. The molecule has 1 rings (SSSR count). The molecule has 1 aromatic rings. The summed E-state index contributed by atoms with van der Waals surface area (Å²) < 4.78 is 5.95. The van der Waals surface area contributed by atoms with Crippen molar-refractivity contribution in [2.45, 2.75) is 59.8 Å². The zero-order valence-corrected chi connectivity index (χ0v) is 13.7. The van der Waals surface area contributed by atoms with E-state index in [1.54, 1.807) is 0 Å². The number of aryl methyl sites for hydroxylation is 3. The van der Waals surface area contributed by atoms with Gasteiger partial charge in [0, 0.05) is 0 Å². The fraction of sp³-hybridized carbons (Fsp3) is 0.667. The normalized spacial score (nSPS) is 10.8. The van der Waals surface area contributed by atoms with Crippen molar-refractivity contribution in [1.29, 1.82) is 0 Å². The van der Waals surface area contributed by atoms with Gasteiger partial charge in [0.25, 0.3) is 0 Å². The third kappa shape index (κ3) is 6.42. The molecular formula is C18H31NO. The van der Waals surface area contributed by atoms with Crippen LogP contribution in [0.25, 0.3) is 0 Å². The van der Waals surface area contributed by atoms with Crippen LogP contribution in [0.1, 0.15) is 55.7 Å². The Morgan fingerprint density at radius 2 is 1.55 bits per heavy atom. The highest BCUT2D eigenvalue weighted by Gasteiger charge is 2.04. The van der Waals surface area contributed by atoms with Gasteiger partial charge in [-0.25, -0.2) is 0 Å². The van der Waals surface area contributed by atoms with Gasteiger partial charge in [0.05, 0.1) is 6.61 Å². The van der Waals surface area contributed by atoms with Crippen LogP contribution in [0, 0.1) is 20.8 Å². The molecule has 0 fully saturated rings. The van der Waals surface area contributed by atoms with Gasteiger partial charge in [0.15, 0.2) is 0 Å². The molecule has 114 valence electrons. The molecule has 0 aliphatic heterocycles. The van der Waals surface area contributed by atoms with Crippen LogP contribution < -0.4 is 10.1 Å². The lowest BCUT2D eigenvalue weighted by atomic mass is 10.1. The number of benzene rings is 1. The highest BCUT2D eigenvalue weighted by atomic mass is 16.5. The zero-order chi connectivity index (χ0) is 14.8. The van der Waals surface area contributed by atoms with Crippen LogP contribution in [0.5, 0.6) is 5.75 Å². The van der Waals surface area contributed by atoms with E-state index >= 15 is 0 Å². The predicted octanol–water partition coefficient (Wildman–Crippen LogP) is 4.55. The topological polar surface area (TPSA) is 21.3 Å². The molecule has 0 radical (unpaired) electrons. The van der Waals surface area contributed by atoms with Gasteiger partial charge < -0.3 is 10.1 Å². The second kappa shape index (κ2) is 9.82. The number of unbranched alkanes of at least 4 members (excludes halogenated alkanes) is 3. The van der Waals surface area contributed by atoms with E-state index in [0.717, 1.165) is 31.9 Å². The number of rotatable bonds is 10. The minimum absolute atomic E-state index is 0.833. The van der Waals surface area contributed by atoms with E-state index in [4.69, 9.17) is 4.74 Å². The van der Waals surface area contributed by atoms with Crippen molar-refractivity contribution in [3.8, 4) is 5.75 Å². The van der Waals surface area contributed by atoms with Crippen molar-refractivity contribution in [1.82, 2.24) is 5.32 Å². The van der Waals surface area contributed by atoms with Gasteiger partial charge in [-0.15, -0.1) is 0 Å². The summed E-state index contributed by atoms with van der Waals surface area (Å²) in [6.07, 6.45) is 6.19. The van der Waals surface area contributed by atoms with Crippen LogP contribution in [-0.4, -0.2) is 19.7 Å². The van der Waals surface area contributed by atoms with Crippen molar-refractivity contribution in [3.63, 3.8) is 0 Å². The minimum Gasteiger partial charge on any atom is -0.493 e. The first-order valence-electron chi connectivity index (χ1n) is 8.06. The highest BCUT2D eigenvalue weighted by Crippen LogP contribution is 2.24. The highest BCUT2D eigenvalue weighted by molar-refractivity contribution is 5.42. The molecule has 1 N–H and O–H groups in total. The molecule has 0 aliphatic carbocycles. The van der Waals surface area contributed by atoms with Gasteiger partial charge in [0.1, 0.15) is 5.75 Å². The lowest BCUT2D eigenvalue weighted by Gasteiger charge is -2.13. The van der Waals surface area contributed by atoms with Crippen molar-refractivity contribution in [3.05, 3.63) is 28.8 Å². The molecule has 1 aromatic carbocycles. The maximum atomic E-state index is 5.95. The van der Waals surface area contributed by atoms with Gasteiger partial charge in [0.2, 0.25) is 0 Å². The fourth-order valence-electron chi connectivity index (χ4n) is 2.52. The molecule has 0 bridgehead atoms. The molecular weight excluding hydrogens is 246 g/mol. The van der Waals surface area contributed by atoms with E-state index in [0.29, 0.717) is 0 Å². The first kappa shape index (κ1) is 17.0. The van der Waals surface area contributed by atoms with Crippen molar-refractivity contribution in [2.24, 2.45) is 0 Å². The summed E-state index contributed by atoms with van der Waals surface area (Å²) >= 11 is 0. The number of hydrogen-bond acceptors (Lipinski definition) is 2. The van der Waals surface area contributed by atoms with Crippen molar-refractivity contribution >= 4 is 0 Å². The van der Waals surface area contributed by atoms with E-state index in [1.165, 1.54) is 42.4 Å². The molecule has 2 heteroatoms. The Morgan fingerprint density at radius 1 is 0.900 bits per heavy atom. The number of nitrogens with one attached hydrogen (secondary N) is 1. The summed E-state index contributed by atoms with van der Waals surface area (Å²) in [5.74, 6) is 1.08. The van der Waals surface area contributed by atoms with Crippen LogP contribution in [0.15, 0.2) is 12.1 Å². The minimum atomic E-state index is 0.833. The number of hydrogen-bond donors (Lipinski definition) is 1. The van der Waals surface area contributed by atoms with E-state index in [9.17, 15) is 0 Å². The Balaban J connectivity index is 2.13. The quantitative estimate of drug-likeness (QED) is 0.633. The van der Waals surface area contributed by atoms with Crippen LogP contribution in [0.2, 0.25) is 0 Å². The third-order valence-corrected chi connectivity index (χ3v) is 3.56. The van der Waals surface area contributed by atoms with E-state index in [-0.39, 0.29) is 0 Å². The molecule has 0 atom stereocenters. The van der Waals surface area contributed by atoms with Crippen LogP contribution >= 0.6 is 0 Å². The van der Waals surface area contributed by atoms with Gasteiger partial charge in [-0.3, -0.25) is 0 Å². The SMILES string of the molecule is CCCCNCCCCCOc1c(C)cc(C)cc1C. The molecule has 0 unspecified atom stereocenters. The Morgan fingerprint density at radius 3 is 2.20 bits per heavy atom. The molecule has 0 aliphatic rings. The van der Waals surface area contributed by atoms with Crippen molar-refractivity contribution < 1.29 is 4.74 Å². The maximum absolute atomic E-state index is 5.95. The predicted molar refractivity (Wildman–Crippen MR) is 87.8 cm³/mol. The molecule has 0 spiro atoms. The monoisotopic (exact) mass is 277 g/mol. The standard InChI is InChI=1S/C18H31NO/c1-5-6-10-19-11-8-7-9-12-20-18-16(3)13-15(2)14-17(18)4/h13-14,19H,5-12H2,1-4H3. The Labute approximate surface area is 124 Å². The zero-order valence-electron chi connectivity index (χ0n) is 13.7. The average molecular weight is 277 g/mol. The Bertz CT molecular complexity index is 364. The smallest absolute Gasteiger partial charge is 0.125 e. The molecule has 0 aromatic heterocycles. The Kier molecular flexibility index (Phi) is 8.36. The van der Waals surface area contributed by atoms with E-state index < -0.39 is 0 Å². The summed E-state index contributed by atoms with van der Waals surface area (Å²) in [7, 11) is 0. The summed E-state index contributed by atoms with van der Waals surface area (Å²) in [5.41, 5.74) is 3.82. The summed E-state index contributed by atoms with van der Waals surface area (Å²) in [6, 6.07) is 4.39. The van der Waals surface area contributed by atoms with Crippen LogP contribution in [0.4, 0.5) is 0 Å². The summed E-state index contributed by atoms with van der Waals surface area (Å²) in [5, 5.41) is 3.48. The third-order valence-electron chi connectivity index (χ3n) is 3.56. The summed E-state index contributed by atoms with van der Waals surface area (Å²) in [4.78, 5) is 0. The second-order valence-corrected chi connectivity index (χ2v) is 5.74. The van der Waals surface area contributed by atoms with Gasteiger partial charge in [-0.1, -0.05) is 31.0 Å². The van der Waals surface area contributed by atoms with E-state index in [2.05, 4.69) is 45.1 Å².